The molecule has 19 heavy (non-hydrogen) atoms. The van der Waals surface area contributed by atoms with E-state index in [-0.39, 0.29) is 11.9 Å². The quantitative estimate of drug-likeness (QED) is 0.878. The van der Waals surface area contributed by atoms with Gasteiger partial charge in [0.05, 0.1) is 0 Å². The SMILES string of the molecule is NC1CCN(C(=O)c2cc3ccc(Br)cc3o2)CC1. The van der Waals surface area contributed by atoms with E-state index in [1.807, 2.05) is 23.1 Å². The molecule has 0 atom stereocenters. The van der Waals surface area contributed by atoms with E-state index >= 15 is 0 Å². The van der Waals surface area contributed by atoms with Gasteiger partial charge in [0.1, 0.15) is 5.58 Å². The number of carbonyl (C=O) groups is 1. The molecule has 0 unspecified atom stereocenters. The summed E-state index contributed by atoms with van der Waals surface area (Å²) in [4.78, 5) is 14.2. The molecule has 5 heteroatoms. The molecule has 1 fully saturated rings. The van der Waals surface area contributed by atoms with Crippen molar-refractivity contribution in [2.24, 2.45) is 5.73 Å². The molecule has 1 aliphatic rings. The first-order valence-corrected chi connectivity index (χ1v) is 7.17. The molecule has 2 aromatic rings. The number of piperidine rings is 1. The van der Waals surface area contributed by atoms with E-state index in [0.29, 0.717) is 18.8 Å². The minimum Gasteiger partial charge on any atom is -0.451 e. The molecule has 1 amide bonds. The highest BCUT2D eigenvalue weighted by Crippen LogP contribution is 2.24. The minimum absolute atomic E-state index is 0.0424. The molecule has 1 saturated heterocycles. The normalized spacial score (nSPS) is 17.1. The van der Waals surface area contributed by atoms with Gasteiger partial charge in [-0.3, -0.25) is 4.79 Å². The van der Waals surface area contributed by atoms with Gasteiger partial charge in [0, 0.05) is 29.0 Å². The molecule has 1 aromatic heterocycles. The molecule has 2 N–H and O–H groups in total. The van der Waals surface area contributed by atoms with Gasteiger partial charge in [-0.15, -0.1) is 0 Å². The molecular weight excluding hydrogens is 308 g/mol. The van der Waals surface area contributed by atoms with Crippen molar-refractivity contribution < 1.29 is 9.21 Å². The number of nitrogens with two attached hydrogens (primary N) is 1. The van der Waals surface area contributed by atoms with Crippen LogP contribution in [-0.2, 0) is 0 Å². The summed E-state index contributed by atoms with van der Waals surface area (Å²) in [7, 11) is 0. The van der Waals surface area contributed by atoms with Gasteiger partial charge < -0.3 is 15.1 Å². The van der Waals surface area contributed by atoms with Crippen molar-refractivity contribution in [3.05, 3.63) is 34.5 Å². The van der Waals surface area contributed by atoms with E-state index < -0.39 is 0 Å². The first kappa shape index (κ1) is 12.7. The number of amides is 1. The Hall–Kier alpha value is -1.33. The molecule has 1 aliphatic heterocycles. The van der Waals surface area contributed by atoms with Gasteiger partial charge in [-0.25, -0.2) is 0 Å². The minimum atomic E-state index is -0.0424. The highest BCUT2D eigenvalue weighted by atomic mass is 79.9. The number of hydrogen-bond donors (Lipinski definition) is 1. The maximum Gasteiger partial charge on any atom is 0.289 e. The molecule has 4 nitrogen and oxygen atoms in total. The van der Waals surface area contributed by atoms with Gasteiger partial charge in [0.2, 0.25) is 0 Å². The van der Waals surface area contributed by atoms with E-state index in [1.165, 1.54) is 0 Å². The van der Waals surface area contributed by atoms with Crippen molar-refractivity contribution >= 4 is 32.8 Å². The molecule has 0 radical (unpaired) electrons. The second kappa shape index (κ2) is 4.98. The first-order chi connectivity index (χ1) is 9.13. The van der Waals surface area contributed by atoms with Crippen LogP contribution in [-0.4, -0.2) is 29.9 Å². The molecule has 1 aromatic carbocycles. The summed E-state index contributed by atoms with van der Waals surface area (Å²) in [5.74, 6) is 0.364. The average molecular weight is 323 g/mol. The van der Waals surface area contributed by atoms with Crippen LogP contribution in [0.2, 0.25) is 0 Å². The lowest BCUT2D eigenvalue weighted by atomic mass is 10.1. The second-order valence-electron chi connectivity index (χ2n) is 4.92. The largest absolute Gasteiger partial charge is 0.451 e. The summed E-state index contributed by atoms with van der Waals surface area (Å²) in [5.41, 5.74) is 6.58. The van der Waals surface area contributed by atoms with Crippen LogP contribution in [0.5, 0.6) is 0 Å². The molecule has 0 aliphatic carbocycles. The van der Waals surface area contributed by atoms with Crippen LogP contribution in [0.25, 0.3) is 11.0 Å². The fourth-order valence-electron chi connectivity index (χ4n) is 2.37. The van der Waals surface area contributed by atoms with Crippen molar-refractivity contribution in [2.75, 3.05) is 13.1 Å². The van der Waals surface area contributed by atoms with E-state index in [2.05, 4.69) is 15.9 Å². The Morgan fingerprint density at radius 3 is 2.79 bits per heavy atom. The topological polar surface area (TPSA) is 59.5 Å². The van der Waals surface area contributed by atoms with Gasteiger partial charge in [-0.2, -0.15) is 0 Å². The first-order valence-electron chi connectivity index (χ1n) is 6.37. The third kappa shape index (κ3) is 2.53. The van der Waals surface area contributed by atoms with Crippen molar-refractivity contribution in [3.8, 4) is 0 Å². The van der Waals surface area contributed by atoms with Gasteiger partial charge in [0.25, 0.3) is 5.91 Å². The van der Waals surface area contributed by atoms with Gasteiger partial charge >= 0.3 is 0 Å². The molecule has 0 bridgehead atoms. The monoisotopic (exact) mass is 322 g/mol. The van der Waals surface area contributed by atoms with Crippen molar-refractivity contribution in [1.82, 2.24) is 4.90 Å². The zero-order chi connectivity index (χ0) is 13.4. The maximum atomic E-state index is 12.3. The Kier molecular flexibility index (Phi) is 3.33. The molecule has 3 rings (SSSR count). The van der Waals surface area contributed by atoms with Gasteiger partial charge in [0.15, 0.2) is 5.76 Å². The predicted octanol–water partition coefficient (Wildman–Crippen LogP) is 2.76. The highest BCUT2D eigenvalue weighted by molar-refractivity contribution is 9.10. The Balaban J connectivity index is 1.85. The summed E-state index contributed by atoms with van der Waals surface area (Å²) in [6.07, 6.45) is 1.72. The Morgan fingerprint density at radius 2 is 2.05 bits per heavy atom. The van der Waals surface area contributed by atoms with E-state index in [9.17, 15) is 4.79 Å². The number of hydrogen-bond acceptors (Lipinski definition) is 3. The number of fused-ring (bicyclic) bond motifs is 1. The van der Waals surface area contributed by atoms with Crippen LogP contribution < -0.4 is 5.73 Å². The third-order valence-corrected chi connectivity index (χ3v) is 4.01. The number of furan rings is 1. The number of rotatable bonds is 1. The third-order valence-electron chi connectivity index (χ3n) is 3.52. The number of halogens is 1. The van der Waals surface area contributed by atoms with Crippen molar-refractivity contribution in [3.63, 3.8) is 0 Å². The lowest BCUT2D eigenvalue weighted by Crippen LogP contribution is -2.42. The van der Waals surface area contributed by atoms with E-state index in [1.54, 1.807) is 6.07 Å². The molecular formula is C14H15BrN2O2. The summed E-state index contributed by atoms with van der Waals surface area (Å²) >= 11 is 3.39. The Bertz CT molecular complexity index is 615. The number of likely N-dealkylation sites (tertiary alicyclic amines) is 1. The number of nitrogens with zero attached hydrogens (tertiary/aromatic N) is 1. The van der Waals surface area contributed by atoms with Crippen molar-refractivity contribution in [2.45, 2.75) is 18.9 Å². The van der Waals surface area contributed by atoms with Gasteiger partial charge in [-0.1, -0.05) is 15.9 Å². The summed E-state index contributed by atoms with van der Waals surface area (Å²) < 4.78 is 6.58. The lowest BCUT2D eigenvalue weighted by Gasteiger charge is -2.29. The van der Waals surface area contributed by atoms with Crippen molar-refractivity contribution in [1.29, 1.82) is 0 Å². The predicted molar refractivity (Wildman–Crippen MR) is 77.0 cm³/mol. The maximum absolute atomic E-state index is 12.3. The lowest BCUT2D eigenvalue weighted by molar-refractivity contribution is 0.0685. The fraction of sp³-hybridized carbons (Fsp3) is 0.357. The number of carbonyl (C=O) groups excluding carboxylic acids is 1. The second-order valence-corrected chi connectivity index (χ2v) is 5.84. The summed E-state index contributed by atoms with van der Waals surface area (Å²) in [6, 6.07) is 7.77. The molecule has 0 saturated carbocycles. The average Bonchev–Trinajstić information content (AvgIpc) is 2.81. The van der Waals surface area contributed by atoms with Crippen LogP contribution in [0.15, 0.2) is 33.2 Å². The van der Waals surface area contributed by atoms with Crippen LogP contribution in [0.1, 0.15) is 23.4 Å². The Labute approximate surface area is 119 Å². The molecule has 2 heterocycles. The fourth-order valence-corrected chi connectivity index (χ4v) is 2.71. The standard InChI is InChI=1S/C14H15BrN2O2/c15-10-2-1-9-7-13(19-12(9)8-10)14(18)17-5-3-11(16)4-6-17/h1-2,7-8,11H,3-6,16H2. The highest BCUT2D eigenvalue weighted by Gasteiger charge is 2.24. The van der Waals surface area contributed by atoms with E-state index in [0.717, 1.165) is 28.3 Å². The van der Waals surface area contributed by atoms with Crippen LogP contribution in [0.4, 0.5) is 0 Å². The zero-order valence-electron chi connectivity index (χ0n) is 10.4. The molecule has 0 spiro atoms. The summed E-state index contributed by atoms with van der Waals surface area (Å²) in [5, 5.41) is 0.945. The summed E-state index contributed by atoms with van der Waals surface area (Å²) in [6.45, 7) is 1.42. The van der Waals surface area contributed by atoms with E-state index in [4.69, 9.17) is 10.2 Å². The van der Waals surface area contributed by atoms with Crippen LogP contribution in [0, 0.1) is 0 Å². The smallest absolute Gasteiger partial charge is 0.289 e. The Morgan fingerprint density at radius 1 is 1.32 bits per heavy atom. The van der Waals surface area contributed by atoms with Crippen LogP contribution >= 0.6 is 15.9 Å². The zero-order valence-corrected chi connectivity index (χ0v) is 12.0. The van der Waals surface area contributed by atoms with Crippen LogP contribution in [0.3, 0.4) is 0 Å². The van der Waals surface area contributed by atoms with Gasteiger partial charge in [-0.05, 0) is 37.1 Å². The number of benzene rings is 1. The molecule has 100 valence electrons.